The van der Waals surface area contributed by atoms with Crippen LogP contribution in [0.25, 0.3) is 111 Å². The van der Waals surface area contributed by atoms with Crippen LogP contribution < -0.4 is 0 Å². The molecule has 0 unspecified atom stereocenters. The van der Waals surface area contributed by atoms with Crippen LogP contribution in [0, 0.1) is 0 Å². The summed E-state index contributed by atoms with van der Waals surface area (Å²) in [6, 6.07) is 63.0. The third-order valence-electron chi connectivity index (χ3n) is 12.6. The van der Waals surface area contributed by atoms with Gasteiger partial charge in [-0.15, -0.1) is 0 Å². The number of pyridine rings is 2. The molecule has 12 aromatic rings. The Bertz CT molecular complexity index is 3700. The SMILES string of the molecule is CC(C)(C)c1ccnc(-n2c3ccc(-c4ccccc4)cc3c3ccc(-c4cccc5c4nc(-c4ccc(-c6ccncc6)c6c4[nH]c4ccccc46)n5-c4ccccc4)cc32)c1. The molecule has 0 aliphatic carbocycles. The Morgan fingerprint density at radius 2 is 1.24 bits per heavy atom. The van der Waals surface area contributed by atoms with Crippen LogP contribution in [-0.4, -0.2) is 29.1 Å². The summed E-state index contributed by atoms with van der Waals surface area (Å²) in [5.41, 5.74) is 16.4. The lowest BCUT2D eigenvalue weighted by atomic mass is 9.88. The number of hydrogen-bond donors (Lipinski definition) is 1. The van der Waals surface area contributed by atoms with E-state index >= 15 is 0 Å². The van der Waals surface area contributed by atoms with Gasteiger partial charge in [-0.3, -0.25) is 14.1 Å². The Labute approximate surface area is 364 Å². The van der Waals surface area contributed by atoms with Gasteiger partial charge in [0.2, 0.25) is 0 Å². The smallest absolute Gasteiger partial charge is 0.147 e. The Balaban J connectivity index is 1.11. The highest BCUT2D eigenvalue weighted by molar-refractivity contribution is 6.18. The number of aromatic nitrogens is 6. The van der Waals surface area contributed by atoms with E-state index in [1.165, 1.54) is 38.2 Å². The van der Waals surface area contributed by atoms with E-state index in [9.17, 15) is 0 Å². The molecule has 5 heterocycles. The molecule has 0 amide bonds. The number of H-pyrrole nitrogens is 1. The second kappa shape index (κ2) is 14.3. The van der Waals surface area contributed by atoms with Crippen molar-refractivity contribution < 1.29 is 0 Å². The molecule has 0 bridgehead atoms. The molecule has 0 aliphatic rings. The largest absolute Gasteiger partial charge is 0.354 e. The van der Waals surface area contributed by atoms with E-state index in [4.69, 9.17) is 9.97 Å². The first kappa shape index (κ1) is 36.7. The molecule has 5 aromatic heterocycles. The van der Waals surface area contributed by atoms with Gasteiger partial charge in [0.05, 0.1) is 27.6 Å². The lowest BCUT2D eigenvalue weighted by Gasteiger charge is -2.20. The average Bonchev–Trinajstić information content (AvgIpc) is 4.02. The predicted molar refractivity (Wildman–Crippen MR) is 261 cm³/mol. The summed E-state index contributed by atoms with van der Waals surface area (Å²) >= 11 is 0. The molecule has 0 fully saturated rings. The van der Waals surface area contributed by atoms with Crippen molar-refractivity contribution in [2.24, 2.45) is 0 Å². The monoisotopic (exact) mass is 810 g/mol. The van der Waals surface area contributed by atoms with Crippen LogP contribution >= 0.6 is 0 Å². The summed E-state index contributed by atoms with van der Waals surface area (Å²) in [7, 11) is 0. The summed E-state index contributed by atoms with van der Waals surface area (Å²) in [5.74, 6) is 1.77. The Hall–Kier alpha value is -8.09. The lowest BCUT2D eigenvalue weighted by molar-refractivity contribution is 0.588. The third-order valence-corrected chi connectivity index (χ3v) is 12.6. The average molecular weight is 811 g/mol. The van der Waals surface area contributed by atoms with Crippen molar-refractivity contribution in [1.29, 1.82) is 0 Å². The van der Waals surface area contributed by atoms with Gasteiger partial charge in [-0.05, 0) is 112 Å². The molecule has 6 nitrogen and oxygen atoms in total. The van der Waals surface area contributed by atoms with Crippen LogP contribution in [0.5, 0.6) is 0 Å². The molecule has 63 heavy (non-hydrogen) atoms. The van der Waals surface area contributed by atoms with E-state index in [0.717, 1.165) is 78.2 Å². The molecule has 0 aliphatic heterocycles. The van der Waals surface area contributed by atoms with Gasteiger partial charge in [-0.1, -0.05) is 124 Å². The number of benzene rings is 7. The number of rotatable bonds is 6. The van der Waals surface area contributed by atoms with Crippen LogP contribution in [0.2, 0.25) is 0 Å². The van der Waals surface area contributed by atoms with E-state index in [0.29, 0.717) is 0 Å². The molecule has 1 N–H and O–H groups in total. The maximum Gasteiger partial charge on any atom is 0.147 e. The van der Waals surface area contributed by atoms with Crippen molar-refractivity contribution in [3.8, 4) is 56.3 Å². The van der Waals surface area contributed by atoms with Crippen LogP contribution in [0.1, 0.15) is 26.3 Å². The molecule has 6 heteroatoms. The summed E-state index contributed by atoms with van der Waals surface area (Å²) in [6.07, 6.45) is 5.67. The van der Waals surface area contributed by atoms with E-state index in [1.807, 2.05) is 18.6 Å². The summed E-state index contributed by atoms with van der Waals surface area (Å²) in [4.78, 5) is 18.8. The minimum Gasteiger partial charge on any atom is -0.354 e. The topological polar surface area (TPSA) is 64.3 Å². The highest BCUT2D eigenvalue weighted by atomic mass is 15.1. The lowest BCUT2D eigenvalue weighted by Crippen LogP contribution is -2.12. The third kappa shape index (κ3) is 5.98. The molecule has 0 saturated carbocycles. The first-order valence-corrected chi connectivity index (χ1v) is 21.5. The minimum atomic E-state index is -0.0369. The van der Waals surface area contributed by atoms with Crippen molar-refractivity contribution in [3.05, 3.63) is 200 Å². The maximum atomic E-state index is 5.66. The highest BCUT2D eigenvalue weighted by Gasteiger charge is 2.24. The van der Waals surface area contributed by atoms with Crippen molar-refractivity contribution in [3.63, 3.8) is 0 Å². The molecular weight excluding hydrogens is 769 g/mol. The number of imidazole rings is 1. The van der Waals surface area contributed by atoms with Crippen molar-refractivity contribution in [1.82, 2.24) is 29.1 Å². The second-order valence-corrected chi connectivity index (χ2v) is 17.4. The van der Waals surface area contributed by atoms with E-state index in [1.54, 1.807) is 0 Å². The zero-order valence-corrected chi connectivity index (χ0v) is 35.2. The van der Waals surface area contributed by atoms with Crippen molar-refractivity contribution in [2.75, 3.05) is 0 Å². The quantitative estimate of drug-likeness (QED) is 0.182. The summed E-state index contributed by atoms with van der Waals surface area (Å²) in [6.45, 7) is 6.76. The fourth-order valence-electron chi connectivity index (χ4n) is 9.52. The van der Waals surface area contributed by atoms with Crippen LogP contribution in [0.3, 0.4) is 0 Å². The standard InChI is InChI=1S/C57H42N6/c1-57(2,3)40-29-32-59-52(35-40)63-49-26-22-38(36-13-6-4-7-14-36)33-47(49)44-23-21-39(34-51(44)63)43-18-12-20-50-54(43)61-56(62(50)41-15-8-5-9-16-41)46-25-24-42(37-27-30-58-31-28-37)53-45-17-10-11-19-48(45)60-55(46)53/h4-35,60H,1-3H3. The Morgan fingerprint density at radius 1 is 0.476 bits per heavy atom. The normalized spacial score (nSPS) is 12.0. The zero-order chi connectivity index (χ0) is 42.2. The molecule has 12 rings (SSSR count). The van der Waals surface area contributed by atoms with E-state index in [-0.39, 0.29) is 5.41 Å². The van der Waals surface area contributed by atoms with E-state index in [2.05, 4.69) is 216 Å². The predicted octanol–water partition coefficient (Wildman–Crippen LogP) is 14.5. The number of nitrogens with one attached hydrogen (secondary N) is 1. The molecule has 0 radical (unpaired) electrons. The maximum absolute atomic E-state index is 5.66. The summed E-state index contributed by atoms with van der Waals surface area (Å²) < 4.78 is 4.65. The fourth-order valence-corrected chi connectivity index (χ4v) is 9.52. The van der Waals surface area contributed by atoms with Gasteiger partial charge in [0.1, 0.15) is 11.6 Å². The molecule has 0 spiro atoms. The molecular formula is C57H42N6. The Kier molecular flexibility index (Phi) is 8.31. The van der Waals surface area contributed by atoms with Gasteiger partial charge < -0.3 is 4.98 Å². The van der Waals surface area contributed by atoms with Gasteiger partial charge in [-0.2, -0.15) is 0 Å². The number of nitrogens with zero attached hydrogens (tertiary/aromatic N) is 5. The minimum absolute atomic E-state index is 0.0369. The number of hydrogen-bond acceptors (Lipinski definition) is 3. The summed E-state index contributed by atoms with van der Waals surface area (Å²) in [5, 5.41) is 4.70. The van der Waals surface area contributed by atoms with Crippen LogP contribution in [0.15, 0.2) is 195 Å². The highest BCUT2D eigenvalue weighted by Crippen LogP contribution is 2.43. The van der Waals surface area contributed by atoms with Crippen molar-refractivity contribution >= 4 is 54.6 Å². The fraction of sp³-hybridized carbons (Fsp3) is 0.0702. The number of para-hydroxylation sites is 3. The van der Waals surface area contributed by atoms with Gasteiger partial charge >= 0.3 is 0 Å². The van der Waals surface area contributed by atoms with Gasteiger partial charge in [-0.25, -0.2) is 9.97 Å². The van der Waals surface area contributed by atoms with Gasteiger partial charge in [0.25, 0.3) is 0 Å². The molecule has 0 saturated heterocycles. The van der Waals surface area contributed by atoms with Crippen LogP contribution in [0.4, 0.5) is 0 Å². The van der Waals surface area contributed by atoms with Crippen molar-refractivity contribution in [2.45, 2.75) is 26.2 Å². The zero-order valence-electron chi connectivity index (χ0n) is 35.2. The second-order valence-electron chi connectivity index (χ2n) is 17.4. The van der Waals surface area contributed by atoms with E-state index < -0.39 is 0 Å². The molecule has 300 valence electrons. The first-order chi connectivity index (χ1) is 30.9. The molecule has 7 aromatic carbocycles. The first-order valence-electron chi connectivity index (χ1n) is 21.5. The molecule has 0 atom stereocenters. The Morgan fingerprint density at radius 3 is 2.06 bits per heavy atom. The van der Waals surface area contributed by atoms with Crippen LogP contribution in [-0.2, 0) is 5.41 Å². The number of aromatic amines is 1. The number of fused-ring (bicyclic) bond motifs is 7. The van der Waals surface area contributed by atoms with Gasteiger partial charge in [0, 0.05) is 62.5 Å². The van der Waals surface area contributed by atoms with Gasteiger partial charge in [0.15, 0.2) is 0 Å².